The number of rotatable bonds is 2. The molecule has 1 N–H and O–H groups in total. The van der Waals surface area contributed by atoms with Gasteiger partial charge in [0.1, 0.15) is 0 Å². The zero-order valence-corrected chi connectivity index (χ0v) is 12.1. The van der Waals surface area contributed by atoms with Crippen LogP contribution in [0.15, 0.2) is 28.7 Å². The Morgan fingerprint density at radius 1 is 1.39 bits per heavy atom. The SMILES string of the molecule is Cc1c(Br)cccc1C(=O)Nc1cc(C)n(C)n1. The van der Waals surface area contributed by atoms with Crippen molar-refractivity contribution in [3.05, 3.63) is 45.6 Å². The van der Waals surface area contributed by atoms with Crippen molar-refractivity contribution >= 4 is 27.7 Å². The maximum absolute atomic E-state index is 12.1. The van der Waals surface area contributed by atoms with Gasteiger partial charge in [0.25, 0.3) is 5.91 Å². The topological polar surface area (TPSA) is 46.9 Å². The summed E-state index contributed by atoms with van der Waals surface area (Å²) < 4.78 is 2.65. The highest BCUT2D eigenvalue weighted by Crippen LogP contribution is 2.20. The van der Waals surface area contributed by atoms with Gasteiger partial charge in [0.05, 0.1) is 0 Å². The van der Waals surface area contributed by atoms with Crippen molar-refractivity contribution in [1.82, 2.24) is 9.78 Å². The summed E-state index contributed by atoms with van der Waals surface area (Å²) in [4.78, 5) is 12.1. The molecule has 0 aliphatic heterocycles. The molecule has 2 rings (SSSR count). The molecule has 0 fully saturated rings. The van der Waals surface area contributed by atoms with Gasteiger partial charge in [0.2, 0.25) is 0 Å². The number of hydrogen-bond donors (Lipinski definition) is 1. The molecule has 1 aromatic heterocycles. The summed E-state index contributed by atoms with van der Waals surface area (Å²) >= 11 is 3.42. The third kappa shape index (κ3) is 2.46. The Labute approximate surface area is 114 Å². The highest BCUT2D eigenvalue weighted by molar-refractivity contribution is 9.10. The third-order valence-electron chi connectivity index (χ3n) is 2.87. The Morgan fingerprint density at radius 3 is 2.72 bits per heavy atom. The average molecular weight is 308 g/mol. The third-order valence-corrected chi connectivity index (χ3v) is 3.73. The summed E-state index contributed by atoms with van der Waals surface area (Å²) in [6.07, 6.45) is 0. The lowest BCUT2D eigenvalue weighted by molar-refractivity contribution is 0.102. The predicted octanol–water partition coefficient (Wildman–Crippen LogP) is 3.05. The van der Waals surface area contributed by atoms with E-state index in [2.05, 4.69) is 26.3 Å². The van der Waals surface area contributed by atoms with Crippen molar-refractivity contribution < 1.29 is 4.79 Å². The van der Waals surface area contributed by atoms with E-state index in [0.717, 1.165) is 15.7 Å². The van der Waals surface area contributed by atoms with E-state index >= 15 is 0 Å². The Kier molecular flexibility index (Phi) is 3.52. The summed E-state index contributed by atoms with van der Waals surface area (Å²) in [5.41, 5.74) is 2.56. The van der Waals surface area contributed by atoms with E-state index in [1.54, 1.807) is 10.7 Å². The molecule has 0 saturated carbocycles. The van der Waals surface area contributed by atoms with Crippen molar-refractivity contribution in [2.75, 3.05) is 5.32 Å². The van der Waals surface area contributed by atoms with Crippen molar-refractivity contribution in [3.63, 3.8) is 0 Å². The molecule has 1 aromatic carbocycles. The van der Waals surface area contributed by atoms with Gasteiger partial charge >= 0.3 is 0 Å². The fourth-order valence-electron chi connectivity index (χ4n) is 1.66. The number of nitrogens with one attached hydrogen (secondary N) is 1. The van der Waals surface area contributed by atoms with Gasteiger partial charge in [-0.05, 0) is 31.5 Å². The van der Waals surface area contributed by atoms with Crippen LogP contribution in [0.1, 0.15) is 21.6 Å². The minimum absolute atomic E-state index is 0.146. The molecule has 5 heteroatoms. The number of aromatic nitrogens is 2. The van der Waals surface area contributed by atoms with Gasteiger partial charge in [-0.15, -0.1) is 0 Å². The normalized spacial score (nSPS) is 10.4. The lowest BCUT2D eigenvalue weighted by atomic mass is 10.1. The first-order valence-electron chi connectivity index (χ1n) is 5.56. The molecule has 0 aliphatic carbocycles. The van der Waals surface area contributed by atoms with Crippen LogP contribution >= 0.6 is 15.9 Å². The molecule has 94 valence electrons. The highest BCUT2D eigenvalue weighted by Gasteiger charge is 2.12. The van der Waals surface area contributed by atoms with Gasteiger partial charge in [-0.2, -0.15) is 5.10 Å². The number of halogens is 1. The molecular weight excluding hydrogens is 294 g/mol. The van der Waals surface area contributed by atoms with Gasteiger partial charge in [-0.3, -0.25) is 9.48 Å². The van der Waals surface area contributed by atoms with Crippen molar-refractivity contribution in [1.29, 1.82) is 0 Å². The lowest BCUT2D eigenvalue weighted by Gasteiger charge is -2.06. The molecule has 1 amide bonds. The number of anilines is 1. The Morgan fingerprint density at radius 2 is 2.11 bits per heavy atom. The maximum Gasteiger partial charge on any atom is 0.257 e. The van der Waals surface area contributed by atoms with Crippen LogP contribution in [0.25, 0.3) is 0 Å². The van der Waals surface area contributed by atoms with Crippen LogP contribution in [-0.2, 0) is 7.05 Å². The van der Waals surface area contributed by atoms with E-state index < -0.39 is 0 Å². The molecule has 18 heavy (non-hydrogen) atoms. The molecule has 0 atom stereocenters. The average Bonchev–Trinajstić information content (AvgIpc) is 2.61. The Balaban J connectivity index is 2.24. The first kappa shape index (κ1) is 12.8. The van der Waals surface area contributed by atoms with E-state index in [-0.39, 0.29) is 5.91 Å². The second-order valence-corrected chi connectivity index (χ2v) is 5.02. The number of aryl methyl sites for hydroxylation is 2. The molecule has 4 nitrogen and oxygen atoms in total. The van der Waals surface area contributed by atoms with E-state index in [4.69, 9.17) is 0 Å². The second kappa shape index (κ2) is 4.94. The molecule has 2 aromatic rings. The van der Waals surface area contributed by atoms with Crippen LogP contribution in [0.3, 0.4) is 0 Å². The lowest BCUT2D eigenvalue weighted by Crippen LogP contribution is -2.14. The maximum atomic E-state index is 12.1. The summed E-state index contributed by atoms with van der Waals surface area (Å²) in [6.45, 7) is 3.84. The number of carbonyl (C=O) groups is 1. The number of carbonyl (C=O) groups excluding carboxylic acids is 1. The molecule has 1 heterocycles. The zero-order chi connectivity index (χ0) is 13.3. The van der Waals surface area contributed by atoms with Crippen LogP contribution in [0, 0.1) is 13.8 Å². The van der Waals surface area contributed by atoms with Gasteiger partial charge in [-0.25, -0.2) is 0 Å². The second-order valence-electron chi connectivity index (χ2n) is 4.16. The summed E-state index contributed by atoms with van der Waals surface area (Å²) in [5.74, 6) is 0.422. The molecule has 0 bridgehead atoms. The van der Waals surface area contributed by atoms with Crippen molar-refractivity contribution in [2.24, 2.45) is 7.05 Å². The van der Waals surface area contributed by atoms with Gasteiger partial charge in [0, 0.05) is 28.8 Å². The van der Waals surface area contributed by atoms with Gasteiger partial charge < -0.3 is 5.32 Å². The molecule has 0 saturated heterocycles. The number of benzene rings is 1. The van der Waals surface area contributed by atoms with E-state index in [1.807, 2.05) is 39.1 Å². The van der Waals surface area contributed by atoms with Crippen LogP contribution in [-0.4, -0.2) is 15.7 Å². The fraction of sp³-hybridized carbons (Fsp3) is 0.231. The quantitative estimate of drug-likeness (QED) is 0.927. The smallest absolute Gasteiger partial charge is 0.257 e. The van der Waals surface area contributed by atoms with E-state index in [1.165, 1.54) is 0 Å². The highest BCUT2D eigenvalue weighted by atomic mass is 79.9. The number of hydrogen-bond acceptors (Lipinski definition) is 2. The summed E-state index contributed by atoms with van der Waals surface area (Å²) in [5, 5.41) is 7.00. The van der Waals surface area contributed by atoms with Crippen molar-refractivity contribution in [2.45, 2.75) is 13.8 Å². The molecular formula is C13H14BrN3O. The first-order chi connectivity index (χ1) is 8.49. The van der Waals surface area contributed by atoms with E-state index in [9.17, 15) is 4.79 Å². The molecule has 0 unspecified atom stereocenters. The molecule has 0 radical (unpaired) electrons. The summed E-state index contributed by atoms with van der Waals surface area (Å²) in [7, 11) is 1.84. The zero-order valence-electron chi connectivity index (χ0n) is 10.5. The van der Waals surface area contributed by atoms with E-state index in [0.29, 0.717) is 11.4 Å². The molecule has 0 spiro atoms. The van der Waals surface area contributed by atoms with Crippen molar-refractivity contribution in [3.8, 4) is 0 Å². The Bertz CT molecular complexity index is 585. The minimum Gasteiger partial charge on any atom is -0.305 e. The fourth-order valence-corrected chi connectivity index (χ4v) is 2.03. The number of amides is 1. The van der Waals surface area contributed by atoms with Crippen LogP contribution in [0.4, 0.5) is 5.82 Å². The van der Waals surface area contributed by atoms with Gasteiger partial charge in [0.15, 0.2) is 5.82 Å². The van der Waals surface area contributed by atoms with Crippen LogP contribution in [0.5, 0.6) is 0 Å². The van der Waals surface area contributed by atoms with Crippen LogP contribution in [0.2, 0.25) is 0 Å². The largest absolute Gasteiger partial charge is 0.305 e. The monoisotopic (exact) mass is 307 g/mol. The number of nitrogens with zero attached hydrogens (tertiary/aromatic N) is 2. The van der Waals surface area contributed by atoms with Gasteiger partial charge in [-0.1, -0.05) is 22.0 Å². The Hall–Kier alpha value is -1.62. The minimum atomic E-state index is -0.146. The van der Waals surface area contributed by atoms with Crippen LogP contribution < -0.4 is 5.32 Å². The first-order valence-corrected chi connectivity index (χ1v) is 6.35. The molecule has 0 aliphatic rings. The summed E-state index contributed by atoms with van der Waals surface area (Å²) in [6, 6.07) is 7.39. The predicted molar refractivity (Wildman–Crippen MR) is 74.8 cm³/mol. The standard InChI is InChI=1S/C13H14BrN3O/c1-8-7-12(16-17(8)3)15-13(18)10-5-4-6-11(14)9(10)2/h4-7H,1-3H3,(H,15,16,18).